The van der Waals surface area contributed by atoms with Crippen LogP contribution in [0.25, 0.3) is 5.70 Å². The largest absolute Gasteiger partial charge is 0.489 e. The Hall–Kier alpha value is -3.83. The van der Waals surface area contributed by atoms with Crippen molar-refractivity contribution >= 4 is 28.9 Å². The van der Waals surface area contributed by atoms with Gasteiger partial charge in [0.2, 0.25) is 0 Å². The van der Waals surface area contributed by atoms with Crippen LogP contribution < -0.4 is 10.1 Å². The van der Waals surface area contributed by atoms with E-state index in [9.17, 15) is 9.18 Å². The number of nitrogens with one attached hydrogen (secondary N) is 1. The molecular weight excluding hydrogens is 445 g/mol. The number of anilines is 1. The third-order valence-electron chi connectivity index (χ3n) is 6.09. The molecule has 6 rings (SSSR count). The summed E-state index contributed by atoms with van der Waals surface area (Å²) in [5.74, 6) is 0.496. The Labute approximate surface area is 201 Å². The number of hydrogen-bond donors (Lipinski definition) is 1. The Morgan fingerprint density at radius 2 is 1.62 bits per heavy atom. The lowest BCUT2D eigenvalue weighted by molar-refractivity contribution is 0.103. The molecule has 0 bridgehead atoms. The number of ether oxygens (including phenoxy) is 1. The van der Waals surface area contributed by atoms with Crippen molar-refractivity contribution < 1.29 is 13.9 Å². The summed E-state index contributed by atoms with van der Waals surface area (Å²) in [5.41, 5.74) is 6.19. The number of ketones is 1. The molecule has 1 unspecified atom stereocenters. The SMILES string of the molecule is O=C1C2=C(Nc3ccccc3SC2c2cccc(OCc3ccc(F)cc3)c2)c2ccccc21. The number of thioether (sulfide) groups is 1. The predicted octanol–water partition coefficient (Wildman–Crippen LogP) is 7.27. The summed E-state index contributed by atoms with van der Waals surface area (Å²) < 4.78 is 19.2. The average Bonchev–Trinajstić information content (AvgIpc) is 3.03. The number of fused-ring (bicyclic) bond motifs is 3. The summed E-state index contributed by atoms with van der Waals surface area (Å²) in [6.45, 7) is 0.338. The van der Waals surface area contributed by atoms with Gasteiger partial charge in [-0.15, -0.1) is 11.8 Å². The summed E-state index contributed by atoms with van der Waals surface area (Å²) in [6.07, 6.45) is 0. The summed E-state index contributed by atoms with van der Waals surface area (Å²) in [6, 6.07) is 30.1. The van der Waals surface area contributed by atoms with Crippen LogP contribution in [0.3, 0.4) is 0 Å². The Morgan fingerprint density at radius 1 is 0.853 bits per heavy atom. The zero-order valence-electron chi connectivity index (χ0n) is 18.1. The van der Waals surface area contributed by atoms with Gasteiger partial charge in [0.15, 0.2) is 5.78 Å². The molecule has 0 radical (unpaired) electrons. The molecule has 4 aromatic carbocycles. The minimum absolute atomic E-state index is 0.0565. The van der Waals surface area contributed by atoms with Crippen molar-refractivity contribution in [2.45, 2.75) is 16.8 Å². The van der Waals surface area contributed by atoms with Gasteiger partial charge in [0.05, 0.1) is 16.6 Å². The summed E-state index contributed by atoms with van der Waals surface area (Å²) in [4.78, 5) is 14.7. The minimum Gasteiger partial charge on any atom is -0.489 e. The van der Waals surface area contributed by atoms with Crippen molar-refractivity contribution in [2.24, 2.45) is 0 Å². The van der Waals surface area contributed by atoms with Gasteiger partial charge in [-0.05, 0) is 47.5 Å². The lowest BCUT2D eigenvalue weighted by Gasteiger charge is -2.18. The molecule has 0 fully saturated rings. The second kappa shape index (κ2) is 8.50. The first kappa shape index (κ1) is 20.8. The van der Waals surface area contributed by atoms with E-state index in [0.29, 0.717) is 12.4 Å². The normalized spacial score (nSPS) is 16.3. The van der Waals surface area contributed by atoms with Crippen LogP contribution in [-0.4, -0.2) is 5.78 Å². The van der Waals surface area contributed by atoms with E-state index in [2.05, 4.69) is 11.4 Å². The van der Waals surface area contributed by atoms with Crippen LogP contribution in [0, 0.1) is 5.82 Å². The molecule has 5 heteroatoms. The van der Waals surface area contributed by atoms with Crippen LogP contribution in [0.5, 0.6) is 5.75 Å². The fourth-order valence-corrected chi connectivity index (χ4v) is 5.71. The van der Waals surface area contributed by atoms with Gasteiger partial charge in [0, 0.05) is 21.6 Å². The van der Waals surface area contributed by atoms with E-state index < -0.39 is 0 Å². The van der Waals surface area contributed by atoms with Crippen LogP contribution in [0.15, 0.2) is 108 Å². The molecule has 3 nitrogen and oxygen atoms in total. The van der Waals surface area contributed by atoms with Crippen molar-refractivity contribution in [1.82, 2.24) is 0 Å². The van der Waals surface area contributed by atoms with E-state index in [1.165, 1.54) is 12.1 Å². The first-order valence-corrected chi connectivity index (χ1v) is 11.9. The third-order valence-corrected chi connectivity index (χ3v) is 7.44. The molecule has 0 spiro atoms. The van der Waals surface area contributed by atoms with E-state index >= 15 is 0 Å². The maximum atomic E-state index is 13.6. The number of carbonyl (C=O) groups is 1. The zero-order valence-corrected chi connectivity index (χ0v) is 18.9. The maximum Gasteiger partial charge on any atom is 0.193 e. The van der Waals surface area contributed by atoms with E-state index in [-0.39, 0.29) is 16.9 Å². The van der Waals surface area contributed by atoms with Crippen molar-refractivity contribution in [1.29, 1.82) is 0 Å². The molecule has 0 saturated heterocycles. The lowest BCUT2D eigenvalue weighted by atomic mass is 10.0. The van der Waals surface area contributed by atoms with E-state index in [4.69, 9.17) is 4.74 Å². The molecule has 1 heterocycles. The molecule has 4 aromatic rings. The van der Waals surface area contributed by atoms with Crippen LogP contribution in [0.1, 0.15) is 32.3 Å². The molecule has 1 N–H and O–H groups in total. The Bertz CT molecular complexity index is 1440. The molecule has 166 valence electrons. The molecule has 1 aliphatic carbocycles. The van der Waals surface area contributed by atoms with Gasteiger partial charge in [-0.25, -0.2) is 4.39 Å². The topological polar surface area (TPSA) is 38.3 Å². The van der Waals surface area contributed by atoms with Gasteiger partial charge < -0.3 is 10.1 Å². The van der Waals surface area contributed by atoms with Crippen molar-refractivity contribution in [3.63, 3.8) is 0 Å². The molecule has 1 atom stereocenters. The average molecular weight is 466 g/mol. The summed E-state index contributed by atoms with van der Waals surface area (Å²) >= 11 is 1.67. The van der Waals surface area contributed by atoms with Crippen molar-refractivity contribution in [2.75, 3.05) is 5.32 Å². The molecule has 34 heavy (non-hydrogen) atoms. The monoisotopic (exact) mass is 465 g/mol. The van der Waals surface area contributed by atoms with Gasteiger partial charge in [-0.1, -0.05) is 60.7 Å². The minimum atomic E-state index is -0.267. The molecule has 0 saturated carbocycles. The fraction of sp³-hybridized carbons (Fsp3) is 0.0690. The summed E-state index contributed by atoms with van der Waals surface area (Å²) in [5, 5.41) is 3.36. The fourth-order valence-electron chi connectivity index (χ4n) is 4.43. The smallest absolute Gasteiger partial charge is 0.193 e. The second-order valence-electron chi connectivity index (χ2n) is 8.27. The van der Waals surface area contributed by atoms with Gasteiger partial charge in [0.1, 0.15) is 18.2 Å². The lowest BCUT2D eigenvalue weighted by Crippen LogP contribution is -2.08. The highest BCUT2D eigenvalue weighted by molar-refractivity contribution is 8.00. The molecule has 0 aromatic heterocycles. The quantitative estimate of drug-likeness (QED) is 0.344. The van der Waals surface area contributed by atoms with Gasteiger partial charge in [0.25, 0.3) is 0 Å². The Balaban J connectivity index is 1.39. The van der Waals surface area contributed by atoms with E-state index in [0.717, 1.165) is 44.1 Å². The number of rotatable bonds is 4. The predicted molar refractivity (Wildman–Crippen MR) is 134 cm³/mol. The molecule has 2 aliphatic rings. The molecule has 1 aliphatic heterocycles. The van der Waals surface area contributed by atoms with Gasteiger partial charge >= 0.3 is 0 Å². The number of para-hydroxylation sites is 1. The van der Waals surface area contributed by atoms with Crippen molar-refractivity contribution in [3.8, 4) is 5.75 Å². The van der Waals surface area contributed by atoms with Crippen LogP contribution in [-0.2, 0) is 6.61 Å². The van der Waals surface area contributed by atoms with Crippen LogP contribution in [0.4, 0.5) is 10.1 Å². The third kappa shape index (κ3) is 3.68. The first-order valence-electron chi connectivity index (χ1n) is 11.1. The van der Waals surface area contributed by atoms with E-state index in [1.807, 2.05) is 66.7 Å². The van der Waals surface area contributed by atoms with Crippen LogP contribution in [0.2, 0.25) is 0 Å². The highest BCUT2D eigenvalue weighted by Gasteiger charge is 2.38. The molecule has 0 amide bonds. The highest BCUT2D eigenvalue weighted by Crippen LogP contribution is 2.52. The van der Waals surface area contributed by atoms with Crippen LogP contribution >= 0.6 is 11.8 Å². The van der Waals surface area contributed by atoms with Gasteiger partial charge in [-0.2, -0.15) is 0 Å². The number of carbonyl (C=O) groups excluding carboxylic acids is 1. The number of hydrogen-bond acceptors (Lipinski definition) is 4. The zero-order chi connectivity index (χ0) is 23.1. The van der Waals surface area contributed by atoms with Gasteiger partial charge in [-0.3, -0.25) is 4.79 Å². The number of Topliss-reactive ketones (excluding diaryl/α,β-unsaturated/α-hetero) is 1. The highest BCUT2D eigenvalue weighted by atomic mass is 32.2. The number of benzene rings is 4. The first-order chi connectivity index (χ1) is 16.7. The standard InChI is InChI=1S/C29H20FNO2S/c30-20-14-12-18(13-15-20)17-33-21-7-5-6-19(16-21)29-26-27(22-8-1-2-9-23(22)28(26)32)31-24-10-3-4-11-25(24)34-29/h1-16,29,31H,17H2. The van der Waals surface area contributed by atoms with E-state index in [1.54, 1.807) is 23.9 Å². The Kier molecular flexibility index (Phi) is 5.19. The summed E-state index contributed by atoms with van der Waals surface area (Å²) in [7, 11) is 0. The van der Waals surface area contributed by atoms with Crippen molar-refractivity contribution in [3.05, 3.63) is 131 Å². The molecular formula is C29H20FNO2S. The Morgan fingerprint density at radius 3 is 2.47 bits per heavy atom. The number of halogens is 1. The maximum absolute atomic E-state index is 13.6. The second-order valence-corrected chi connectivity index (χ2v) is 9.42.